The Morgan fingerprint density at radius 3 is 2.43 bits per heavy atom. The van der Waals surface area contributed by atoms with Crippen molar-refractivity contribution in [2.75, 3.05) is 0 Å². The molecule has 1 atom stereocenters. The molecule has 2 nitrogen and oxygen atoms in total. The standard InChI is InChI=1S/C19H21NO/c1-12-7-8-18-15(9-12)10-19(21-18)17(20)11-16-13(2)5-4-6-14(16)3/h4-10,17H,11,20H2,1-3H3. The van der Waals surface area contributed by atoms with E-state index >= 15 is 0 Å². The molecular weight excluding hydrogens is 258 g/mol. The highest BCUT2D eigenvalue weighted by atomic mass is 16.3. The number of rotatable bonds is 3. The van der Waals surface area contributed by atoms with E-state index in [2.05, 4.69) is 57.2 Å². The Morgan fingerprint density at radius 1 is 1.00 bits per heavy atom. The van der Waals surface area contributed by atoms with E-state index in [1.54, 1.807) is 0 Å². The number of aryl methyl sites for hydroxylation is 3. The van der Waals surface area contributed by atoms with Crippen LogP contribution in [0.5, 0.6) is 0 Å². The monoisotopic (exact) mass is 279 g/mol. The molecule has 2 aromatic carbocycles. The molecule has 2 heteroatoms. The molecule has 1 aromatic heterocycles. The van der Waals surface area contributed by atoms with Crippen molar-refractivity contribution < 1.29 is 4.42 Å². The number of benzene rings is 2. The van der Waals surface area contributed by atoms with Gasteiger partial charge >= 0.3 is 0 Å². The number of furan rings is 1. The second kappa shape index (κ2) is 5.38. The normalized spacial score (nSPS) is 12.8. The van der Waals surface area contributed by atoms with E-state index in [1.165, 1.54) is 22.3 Å². The summed E-state index contributed by atoms with van der Waals surface area (Å²) in [5.41, 5.74) is 12.4. The summed E-state index contributed by atoms with van der Waals surface area (Å²) in [5, 5.41) is 1.13. The molecule has 1 heterocycles. The van der Waals surface area contributed by atoms with E-state index in [9.17, 15) is 0 Å². The van der Waals surface area contributed by atoms with Crippen molar-refractivity contribution >= 4 is 11.0 Å². The smallest absolute Gasteiger partial charge is 0.134 e. The summed E-state index contributed by atoms with van der Waals surface area (Å²) in [7, 11) is 0. The fraction of sp³-hybridized carbons (Fsp3) is 0.263. The second-order valence-electron chi connectivity index (χ2n) is 5.87. The van der Waals surface area contributed by atoms with Gasteiger partial charge in [-0.1, -0.05) is 29.8 Å². The van der Waals surface area contributed by atoms with Crippen molar-refractivity contribution in [2.24, 2.45) is 5.73 Å². The van der Waals surface area contributed by atoms with E-state index in [-0.39, 0.29) is 6.04 Å². The Morgan fingerprint density at radius 2 is 1.71 bits per heavy atom. The average Bonchev–Trinajstić information content (AvgIpc) is 2.86. The molecule has 0 amide bonds. The Kier molecular flexibility index (Phi) is 3.56. The van der Waals surface area contributed by atoms with E-state index in [0.29, 0.717) is 0 Å². The molecule has 3 aromatic rings. The Labute approximate surface area is 125 Å². The predicted octanol–water partition coefficient (Wildman–Crippen LogP) is 4.60. The van der Waals surface area contributed by atoms with Gasteiger partial charge < -0.3 is 10.2 Å². The van der Waals surface area contributed by atoms with Crippen molar-refractivity contribution in [1.29, 1.82) is 0 Å². The maximum Gasteiger partial charge on any atom is 0.134 e. The molecule has 3 rings (SSSR count). The molecule has 0 aliphatic rings. The Bertz CT molecular complexity index is 765. The van der Waals surface area contributed by atoms with Gasteiger partial charge in [0.25, 0.3) is 0 Å². The van der Waals surface area contributed by atoms with Crippen LogP contribution in [-0.2, 0) is 6.42 Å². The maximum atomic E-state index is 6.37. The molecule has 0 saturated carbocycles. The highest BCUT2D eigenvalue weighted by Gasteiger charge is 2.15. The molecule has 21 heavy (non-hydrogen) atoms. The van der Waals surface area contributed by atoms with E-state index in [4.69, 9.17) is 10.2 Å². The van der Waals surface area contributed by atoms with Gasteiger partial charge in [-0.05, 0) is 62.1 Å². The van der Waals surface area contributed by atoms with Crippen LogP contribution >= 0.6 is 0 Å². The van der Waals surface area contributed by atoms with Gasteiger partial charge in [-0.25, -0.2) is 0 Å². The van der Waals surface area contributed by atoms with Gasteiger partial charge in [-0.2, -0.15) is 0 Å². The van der Waals surface area contributed by atoms with Gasteiger partial charge in [-0.3, -0.25) is 0 Å². The van der Waals surface area contributed by atoms with Gasteiger partial charge in [0.15, 0.2) is 0 Å². The summed E-state index contributed by atoms with van der Waals surface area (Å²) >= 11 is 0. The second-order valence-corrected chi connectivity index (χ2v) is 5.87. The van der Waals surface area contributed by atoms with Crippen LogP contribution in [0.1, 0.15) is 34.1 Å². The lowest BCUT2D eigenvalue weighted by Crippen LogP contribution is -2.14. The first-order chi connectivity index (χ1) is 10.0. The number of hydrogen-bond acceptors (Lipinski definition) is 2. The predicted molar refractivity (Wildman–Crippen MR) is 87.5 cm³/mol. The van der Waals surface area contributed by atoms with Crippen LogP contribution in [0.15, 0.2) is 46.9 Å². The first-order valence-corrected chi connectivity index (χ1v) is 7.35. The van der Waals surface area contributed by atoms with E-state index in [0.717, 1.165) is 23.2 Å². The first kappa shape index (κ1) is 13.9. The van der Waals surface area contributed by atoms with Crippen molar-refractivity contribution in [1.82, 2.24) is 0 Å². The number of hydrogen-bond donors (Lipinski definition) is 1. The summed E-state index contributed by atoms with van der Waals surface area (Å²) in [4.78, 5) is 0. The molecule has 0 aliphatic carbocycles. The molecule has 108 valence electrons. The SMILES string of the molecule is Cc1ccc2oc(C(N)Cc3c(C)cccc3C)cc2c1. The average molecular weight is 279 g/mol. The molecule has 0 spiro atoms. The van der Waals surface area contributed by atoms with E-state index < -0.39 is 0 Å². The zero-order chi connectivity index (χ0) is 15.0. The highest BCUT2D eigenvalue weighted by Crippen LogP contribution is 2.27. The first-order valence-electron chi connectivity index (χ1n) is 7.35. The largest absolute Gasteiger partial charge is 0.459 e. The summed E-state index contributed by atoms with van der Waals surface area (Å²) in [6.07, 6.45) is 0.803. The lowest BCUT2D eigenvalue weighted by Gasteiger charge is -2.13. The highest BCUT2D eigenvalue weighted by molar-refractivity contribution is 5.78. The lowest BCUT2D eigenvalue weighted by molar-refractivity contribution is 0.493. The van der Waals surface area contributed by atoms with Crippen molar-refractivity contribution in [2.45, 2.75) is 33.2 Å². The van der Waals surface area contributed by atoms with Crippen molar-refractivity contribution in [3.8, 4) is 0 Å². The molecule has 0 fully saturated rings. The van der Waals surface area contributed by atoms with Gasteiger partial charge in [-0.15, -0.1) is 0 Å². The number of fused-ring (bicyclic) bond motifs is 1. The topological polar surface area (TPSA) is 39.2 Å². The fourth-order valence-corrected chi connectivity index (χ4v) is 2.86. The Balaban J connectivity index is 1.91. The van der Waals surface area contributed by atoms with Crippen LogP contribution in [0.2, 0.25) is 0 Å². The number of nitrogens with two attached hydrogens (primary N) is 1. The van der Waals surface area contributed by atoms with Crippen LogP contribution in [0.4, 0.5) is 0 Å². The van der Waals surface area contributed by atoms with Crippen molar-refractivity contribution in [3.05, 3.63) is 70.5 Å². The summed E-state index contributed by atoms with van der Waals surface area (Å²) in [6, 6.07) is 14.5. The van der Waals surface area contributed by atoms with Crippen molar-refractivity contribution in [3.63, 3.8) is 0 Å². The zero-order valence-corrected chi connectivity index (χ0v) is 12.8. The maximum absolute atomic E-state index is 6.37. The molecule has 1 unspecified atom stereocenters. The van der Waals surface area contributed by atoms with Crippen LogP contribution in [0, 0.1) is 20.8 Å². The molecule has 2 N–H and O–H groups in total. The van der Waals surface area contributed by atoms with Gasteiger partial charge in [0.05, 0.1) is 6.04 Å². The third-order valence-electron chi connectivity index (χ3n) is 4.12. The lowest BCUT2D eigenvalue weighted by atomic mass is 9.96. The summed E-state index contributed by atoms with van der Waals surface area (Å²) < 4.78 is 5.91. The van der Waals surface area contributed by atoms with Crippen LogP contribution < -0.4 is 5.73 Å². The molecule has 0 radical (unpaired) electrons. The van der Waals surface area contributed by atoms with E-state index in [1.807, 2.05) is 6.07 Å². The zero-order valence-electron chi connectivity index (χ0n) is 12.8. The molecular formula is C19H21NO. The van der Waals surface area contributed by atoms with Gasteiger partial charge in [0.2, 0.25) is 0 Å². The molecule has 0 saturated heterocycles. The summed E-state index contributed by atoms with van der Waals surface area (Å²) in [6.45, 7) is 6.36. The van der Waals surface area contributed by atoms with Crippen LogP contribution in [0.25, 0.3) is 11.0 Å². The van der Waals surface area contributed by atoms with Crippen LogP contribution in [-0.4, -0.2) is 0 Å². The quantitative estimate of drug-likeness (QED) is 0.761. The van der Waals surface area contributed by atoms with Gasteiger partial charge in [0, 0.05) is 5.39 Å². The fourth-order valence-electron chi connectivity index (χ4n) is 2.86. The minimum Gasteiger partial charge on any atom is -0.459 e. The minimum atomic E-state index is -0.113. The molecule has 0 bridgehead atoms. The molecule has 0 aliphatic heterocycles. The third-order valence-corrected chi connectivity index (χ3v) is 4.12. The van der Waals surface area contributed by atoms with Gasteiger partial charge in [0.1, 0.15) is 11.3 Å². The summed E-state index contributed by atoms with van der Waals surface area (Å²) in [5.74, 6) is 0.859. The Hall–Kier alpha value is -2.06. The third kappa shape index (κ3) is 2.72. The van der Waals surface area contributed by atoms with Crippen LogP contribution in [0.3, 0.4) is 0 Å². The minimum absolute atomic E-state index is 0.113.